The molecule has 1 aliphatic heterocycles. The van der Waals surface area contributed by atoms with Crippen molar-refractivity contribution in [2.45, 2.75) is 38.2 Å². The van der Waals surface area contributed by atoms with Crippen molar-refractivity contribution in [3.8, 4) is 0 Å². The summed E-state index contributed by atoms with van der Waals surface area (Å²) in [6, 6.07) is 0. The Morgan fingerprint density at radius 2 is 1.92 bits per heavy atom. The van der Waals surface area contributed by atoms with Crippen LogP contribution in [-0.2, 0) is 0 Å². The fraction of sp³-hybridized carbons (Fsp3) is 1.00. The van der Waals surface area contributed by atoms with Gasteiger partial charge in [-0.15, -0.1) is 0 Å². The standard InChI is InChI=1S/C10H19NO/c12-10-4-2-1-3-9(10)8-5-6-11-7-8/h8-12H,1-7H2. The second-order valence-electron chi connectivity index (χ2n) is 4.27. The molecule has 0 bridgehead atoms. The summed E-state index contributed by atoms with van der Waals surface area (Å²) in [6.45, 7) is 2.30. The highest BCUT2D eigenvalue weighted by Crippen LogP contribution is 2.33. The van der Waals surface area contributed by atoms with E-state index in [2.05, 4.69) is 5.32 Å². The SMILES string of the molecule is OC1CCCCC1C1CCNC1. The topological polar surface area (TPSA) is 32.3 Å². The molecule has 1 heterocycles. The smallest absolute Gasteiger partial charge is 0.0571 e. The van der Waals surface area contributed by atoms with E-state index in [9.17, 15) is 5.11 Å². The van der Waals surface area contributed by atoms with Crippen LogP contribution in [0, 0.1) is 11.8 Å². The maximum absolute atomic E-state index is 9.80. The minimum atomic E-state index is 0.00338. The lowest BCUT2D eigenvalue weighted by molar-refractivity contribution is 0.0414. The Labute approximate surface area is 74.4 Å². The van der Waals surface area contributed by atoms with Crippen LogP contribution < -0.4 is 5.32 Å². The summed E-state index contributed by atoms with van der Waals surface area (Å²) in [5.74, 6) is 1.37. The largest absolute Gasteiger partial charge is 0.393 e. The van der Waals surface area contributed by atoms with E-state index < -0.39 is 0 Å². The Morgan fingerprint density at radius 3 is 2.58 bits per heavy atom. The first-order valence-corrected chi connectivity index (χ1v) is 5.26. The van der Waals surface area contributed by atoms with Gasteiger partial charge in [-0.05, 0) is 44.2 Å². The average Bonchev–Trinajstić information content (AvgIpc) is 2.57. The van der Waals surface area contributed by atoms with Crippen molar-refractivity contribution in [1.29, 1.82) is 0 Å². The molecule has 0 amide bonds. The van der Waals surface area contributed by atoms with Gasteiger partial charge in [-0.25, -0.2) is 0 Å². The molecular weight excluding hydrogens is 150 g/mol. The third-order valence-electron chi connectivity index (χ3n) is 3.49. The number of hydrogen-bond acceptors (Lipinski definition) is 2. The Hall–Kier alpha value is -0.0800. The molecule has 12 heavy (non-hydrogen) atoms. The average molecular weight is 169 g/mol. The van der Waals surface area contributed by atoms with Gasteiger partial charge in [-0.3, -0.25) is 0 Å². The summed E-state index contributed by atoms with van der Waals surface area (Å²) in [5.41, 5.74) is 0. The zero-order valence-corrected chi connectivity index (χ0v) is 7.63. The van der Waals surface area contributed by atoms with Crippen LogP contribution in [0.5, 0.6) is 0 Å². The van der Waals surface area contributed by atoms with Crippen molar-refractivity contribution in [1.82, 2.24) is 5.32 Å². The summed E-state index contributed by atoms with van der Waals surface area (Å²) in [5, 5.41) is 13.2. The van der Waals surface area contributed by atoms with Gasteiger partial charge in [0.15, 0.2) is 0 Å². The van der Waals surface area contributed by atoms with Gasteiger partial charge < -0.3 is 10.4 Å². The third kappa shape index (κ3) is 1.64. The number of nitrogens with one attached hydrogen (secondary N) is 1. The quantitative estimate of drug-likeness (QED) is 0.617. The van der Waals surface area contributed by atoms with E-state index in [-0.39, 0.29) is 6.10 Å². The molecule has 70 valence electrons. The third-order valence-corrected chi connectivity index (χ3v) is 3.49. The van der Waals surface area contributed by atoms with E-state index in [1.165, 1.54) is 25.7 Å². The number of rotatable bonds is 1. The summed E-state index contributed by atoms with van der Waals surface area (Å²) >= 11 is 0. The maximum Gasteiger partial charge on any atom is 0.0571 e. The molecular formula is C10H19NO. The molecule has 2 fully saturated rings. The van der Waals surface area contributed by atoms with E-state index >= 15 is 0 Å². The van der Waals surface area contributed by atoms with Crippen LogP contribution in [0.2, 0.25) is 0 Å². The van der Waals surface area contributed by atoms with Gasteiger partial charge in [0.05, 0.1) is 6.10 Å². The summed E-state index contributed by atoms with van der Waals surface area (Å²) in [7, 11) is 0. The molecule has 1 saturated carbocycles. The Morgan fingerprint density at radius 1 is 1.08 bits per heavy atom. The predicted molar refractivity (Wildman–Crippen MR) is 48.9 cm³/mol. The molecule has 2 heteroatoms. The number of hydrogen-bond donors (Lipinski definition) is 2. The van der Waals surface area contributed by atoms with Crippen molar-refractivity contribution < 1.29 is 5.11 Å². The Balaban J connectivity index is 1.91. The molecule has 0 aromatic carbocycles. The minimum absolute atomic E-state index is 0.00338. The van der Waals surface area contributed by atoms with Crippen molar-refractivity contribution >= 4 is 0 Å². The second-order valence-corrected chi connectivity index (χ2v) is 4.27. The van der Waals surface area contributed by atoms with E-state index in [0.29, 0.717) is 5.92 Å². The van der Waals surface area contributed by atoms with Crippen molar-refractivity contribution in [2.24, 2.45) is 11.8 Å². The van der Waals surface area contributed by atoms with Crippen LogP contribution in [0.25, 0.3) is 0 Å². The highest BCUT2D eigenvalue weighted by molar-refractivity contribution is 4.84. The zero-order valence-electron chi connectivity index (χ0n) is 7.63. The monoisotopic (exact) mass is 169 g/mol. The highest BCUT2D eigenvalue weighted by atomic mass is 16.3. The van der Waals surface area contributed by atoms with Crippen molar-refractivity contribution in [3.63, 3.8) is 0 Å². The van der Waals surface area contributed by atoms with E-state index in [0.717, 1.165) is 25.4 Å². The lowest BCUT2D eigenvalue weighted by atomic mass is 9.77. The molecule has 2 N–H and O–H groups in total. The van der Waals surface area contributed by atoms with Crippen LogP contribution in [0.15, 0.2) is 0 Å². The molecule has 2 nitrogen and oxygen atoms in total. The summed E-state index contributed by atoms with van der Waals surface area (Å²) in [6.07, 6.45) is 6.15. The van der Waals surface area contributed by atoms with Crippen LogP contribution in [-0.4, -0.2) is 24.3 Å². The molecule has 0 spiro atoms. The van der Waals surface area contributed by atoms with E-state index in [1.807, 2.05) is 0 Å². The van der Waals surface area contributed by atoms with Crippen LogP contribution in [0.1, 0.15) is 32.1 Å². The fourth-order valence-corrected chi connectivity index (χ4v) is 2.73. The van der Waals surface area contributed by atoms with Gasteiger partial charge >= 0.3 is 0 Å². The van der Waals surface area contributed by atoms with E-state index in [4.69, 9.17) is 0 Å². The fourth-order valence-electron chi connectivity index (χ4n) is 2.73. The molecule has 1 aliphatic carbocycles. The van der Waals surface area contributed by atoms with Gasteiger partial charge in [0.2, 0.25) is 0 Å². The first-order valence-electron chi connectivity index (χ1n) is 5.26. The van der Waals surface area contributed by atoms with Crippen LogP contribution in [0.4, 0.5) is 0 Å². The second kappa shape index (κ2) is 3.75. The summed E-state index contributed by atoms with van der Waals surface area (Å²) in [4.78, 5) is 0. The Kier molecular flexibility index (Phi) is 2.66. The van der Waals surface area contributed by atoms with Crippen LogP contribution >= 0.6 is 0 Å². The first-order chi connectivity index (χ1) is 5.88. The van der Waals surface area contributed by atoms with Gasteiger partial charge in [-0.2, -0.15) is 0 Å². The molecule has 0 aromatic heterocycles. The lowest BCUT2D eigenvalue weighted by Gasteiger charge is -2.31. The minimum Gasteiger partial charge on any atom is -0.393 e. The highest BCUT2D eigenvalue weighted by Gasteiger charge is 2.31. The molecule has 3 unspecified atom stereocenters. The van der Waals surface area contributed by atoms with Crippen LogP contribution in [0.3, 0.4) is 0 Å². The number of aliphatic hydroxyl groups is 1. The molecule has 0 radical (unpaired) electrons. The lowest BCUT2D eigenvalue weighted by Crippen LogP contribution is -2.32. The van der Waals surface area contributed by atoms with Gasteiger partial charge in [-0.1, -0.05) is 12.8 Å². The molecule has 2 aliphatic rings. The number of aliphatic hydroxyl groups excluding tert-OH is 1. The molecule has 3 atom stereocenters. The van der Waals surface area contributed by atoms with E-state index in [1.54, 1.807) is 0 Å². The first kappa shape index (κ1) is 8.52. The van der Waals surface area contributed by atoms with Gasteiger partial charge in [0.25, 0.3) is 0 Å². The van der Waals surface area contributed by atoms with Gasteiger partial charge in [0, 0.05) is 0 Å². The normalized spacial score (nSPS) is 43.2. The predicted octanol–water partition coefficient (Wildman–Crippen LogP) is 1.15. The zero-order chi connectivity index (χ0) is 8.39. The molecule has 1 saturated heterocycles. The Bertz CT molecular complexity index is 143. The molecule has 0 aromatic rings. The maximum atomic E-state index is 9.80. The van der Waals surface area contributed by atoms with Crippen molar-refractivity contribution in [2.75, 3.05) is 13.1 Å². The van der Waals surface area contributed by atoms with Gasteiger partial charge in [0.1, 0.15) is 0 Å². The van der Waals surface area contributed by atoms with Crippen molar-refractivity contribution in [3.05, 3.63) is 0 Å². The molecule has 2 rings (SSSR count). The summed E-state index contributed by atoms with van der Waals surface area (Å²) < 4.78 is 0.